The van der Waals surface area contributed by atoms with Crippen molar-refractivity contribution in [3.05, 3.63) is 23.8 Å². The van der Waals surface area contributed by atoms with Crippen LogP contribution in [-0.2, 0) is 0 Å². The molecule has 8 heteroatoms. The molecule has 15 heavy (non-hydrogen) atoms. The number of benzene rings is 1. The van der Waals surface area contributed by atoms with Crippen molar-refractivity contribution in [1.82, 2.24) is 0 Å². The minimum Gasteiger partial charge on any atom is -0.399 e. The third-order valence-corrected chi connectivity index (χ3v) is 2.63. The fourth-order valence-electron chi connectivity index (χ4n) is 0.909. The zero-order valence-electron chi connectivity index (χ0n) is 7.05. The minimum absolute atomic E-state index is 0.0813. The number of nitriles is 1. The highest BCUT2D eigenvalue weighted by molar-refractivity contribution is 8.45. The topological polar surface area (TPSA) is 49.8 Å². The highest BCUT2D eigenvalue weighted by Gasteiger charge is 2.65. The smallest absolute Gasteiger partial charge is 0.310 e. The molecule has 1 rings (SSSR count). The molecule has 0 saturated carbocycles. The molecule has 2 N–H and O–H groups in total. The lowest BCUT2D eigenvalue weighted by molar-refractivity contribution is 0.364. The number of halogens is 5. The molecule has 0 spiro atoms. The van der Waals surface area contributed by atoms with Gasteiger partial charge in [0.2, 0.25) is 0 Å². The Hall–Kier alpha value is -1.49. The molecule has 0 fully saturated rings. The van der Waals surface area contributed by atoms with Crippen LogP contribution in [0.2, 0.25) is 0 Å². The lowest BCUT2D eigenvalue weighted by atomic mass is 10.2. The van der Waals surface area contributed by atoms with Gasteiger partial charge < -0.3 is 5.73 Å². The molecule has 84 valence electrons. The summed E-state index contributed by atoms with van der Waals surface area (Å²) in [6.07, 6.45) is 0. The standard InChI is InChI=1S/C7H5F5N2S/c8-15(9,10,11,12)7-2-5(4-13)1-6(14)3-7/h1-3H,14H2. The van der Waals surface area contributed by atoms with Crippen LogP contribution < -0.4 is 5.73 Å². The SMILES string of the molecule is N#Cc1cc(N)cc(S(F)(F)(F)(F)F)c1. The predicted octanol–water partition coefficient (Wildman–Crippen LogP) is 3.80. The average molecular weight is 244 g/mol. The molecule has 0 radical (unpaired) electrons. The van der Waals surface area contributed by atoms with Crippen molar-refractivity contribution in [3.8, 4) is 6.07 Å². The molecule has 1 aromatic carbocycles. The van der Waals surface area contributed by atoms with Crippen LogP contribution in [0.1, 0.15) is 5.56 Å². The van der Waals surface area contributed by atoms with Crippen LogP contribution in [0.5, 0.6) is 0 Å². The Morgan fingerprint density at radius 1 is 1.07 bits per heavy atom. The Morgan fingerprint density at radius 3 is 2.00 bits per heavy atom. The summed E-state index contributed by atoms with van der Waals surface area (Å²) in [5.74, 6) is 0. The van der Waals surface area contributed by atoms with Crippen LogP contribution in [0.25, 0.3) is 0 Å². The number of anilines is 1. The van der Waals surface area contributed by atoms with Gasteiger partial charge in [0, 0.05) is 5.69 Å². The molecule has 0 unspecified atom stereocenters. The van der Waals surface area contributed by atoms with Crippen molar-refractivity contribution in [2.75, 3.05) is 5.73 Å². The maximum absolute atomic E-state index is 12.3. The molecule has 0 bridgehead atoms. The molecule has 0 saturated heterocycles. The number of nitrogens with two attached hydrogens (primary N) is 1. The normalized spacial score (nSPS) is 16.3. The van der Waals surface area contributed by atoms with Gasteiger partial charge in [0.15, 0.2) is 0 Å². The molecular formula is C7H5F5N2S. The van der Waals surface area contributed by atoms with E-state index in [1.807, 2.05) is 0 Å². The van der Waals surface area contributed by atoms with Crippen LogP contribution in [0.4, 0.5) is 25.1 Å². The first-order valence-electron chi connectivity index (χ1n) is 3.47. The zero-order chi connectivity index (χ0) is 12.0. The largest absolute Gasteiger partial charge is 0.399 e. The van der Waals surface area contributed by atoms with Crippen molar-refractivity contribution < 1.29 is 19.4 Å². The maximum Gasteiger partial charge on any atom is 0.310 e. The van der Waals surface area contributed by atoms with Gasteiger partial charge in [-0.05, 0) is 18.2 Å². The van der Waals surface area contributed by atoms with Gasteiger partial charge in [-0.1, -0.05) is 19.4 Å². The summed E-state index contributed by atoms with van der Waals surface area (Å²) in [6.45, 7) is 0. The Balaban J connectivity index is 3.56. The molecular weight excluding hydrogens is 239 g/mol. The van der Waals surface area contributed by atoms with Gasteiger partial charge in [0.1, 0.15) is 4.90 Å². The molecule has 0 aliphatic heterocycles. The molecule has 0 heterocycles. The zero-order valence-corrected chi connectivity index (χ0v) is 7.87. The van der Waals surface area contributed by atoms with Gasteiger partial charge in [-0.25, -0.2) is 0 Å². The minimum atomic E-state index is -9.75. The Bertz CT molecular complexity index is 458. The van der Waals surface area contributed by atoms with E-state index < -0.39 is 26.4 Å². The van der Waals surface area contributed by atoms with Crippen LogP contribution in [-0.4, -0.2) is 0 Å². The van der Waals surface area contributed by atoms with Crippen LogP contribution >= 0.6 is 10.2 Å². The summed E-state index contributed by atoms with van der Waals surface area (Å²) in [5.41, 5.74) is 3.90. The number of nitrogen functional groups attached to an aromatic ring is 1. The number of hydrogen-bond acceptors (Lipinski definition) is 2. The quantitative estimate of drug-likeness (QED) is 0.603. The second-order valence-corrected chi connectivity index (χ2v) is 5.28. The molecule has 0 atom stereocenters. The number of rotatable bonds is 1. The Kier molecular flexibility index (Phi) is 1.82. The third-order valence-electron chi connectivity index (χ3n) is 1.50. The van der Waals surface area contributed by atoms with E-state index in [0.29, 0.717) is 0 Å². The molecule has 0 aromatic heterocycles. The molecule has 1 aromatic rings. The molecule has 0 aliphatic carbocycles. The van der Waals surface area contributed by atoms with Gasteiger partial charge in [0.25, 0.3) is 0 Å². The predicted molar refractivity (Wildman–Crippen MR) is 47.0 cm³/mol. The highest BCUT2D eigenvalue weighted by atomic mass is 32.5. The first-order valence-corrected chi connectivity index (χ1v) is 5.42. The van der Waals surface area contributed by atoms with Gasteiger partial charge in [-0.3, -0.25) is 0 Å². The number of nitrogens with zero attached hydrogens (tertiary/aromatic N) is 1. The van der Waals surface area contributed by atoms with Crippen LogP contribution in [0, 0.1) is 11.3 Å². The van der Waals surface area contributed by atoms with Gasteiger partial charge in [-0.15, -0.1) is 0 Å². The van der Waals surface area contributed by atoms with Crippen LogP contribution in [0.15, 0.2) is 23.1 Å². The summed E-state index contributed by atoms with van der Waals surface area (Å²) in [6, 6.07) is 2.40. The molecule has 0 amide bonds. The summed E-state index contributed by atoms with van der Waals surface area (Å²) < 4.78 is 61.4. The first-order chi connectivity index (χ1) is 6.42. The lowest BCUT2D eigenvalue weighted by Crippen LogP contribution is -2.07. The summed E-state index contributed by atoms with van der Waals surface area (Å²) in [7, 11) is -9.75. The fourth-order valence-corrected chi connectivity index (χ4v) is 1.62. The van der Waals surface area contributed by atoms with Crippen molar-refractivity contribution in [2.45, 2.75) is 4.90 Å². The van der Waals surface area contributed by atoms with Crippen molar-refractivity contribution >= 4 is 15.9 Å². The van der Waals surface area contributed by atoms with E-state index in [0.717, 1.165) is 6.07 Å². The van der Waals surface area contributed by atoms with Gasteiger partial charge >= 0.3 is 10.2 Å². The third kappa shape index (κ3) is 2.73. The Morgan fingerprint density at radius 2 is 1.60 bits per heavy atom. The summed E-state index contributed by atoms with van der Waals surface area (Å²) in [5, 5.41) is 8.32. The lowest BCUT2D eigenvalue weighted by Gasteiger charge is -2.40. The Labute approximate surface area is 81.8 Å². The van der Waals surface area contributed by atoms with E-state index in [1.54, 1.807) is 0 Å². The van der Waals surface area contributed by atoms with E-state index >= 15 is 0 Å². The van der Waals surface area contributed by atoms with E-state index in [9.17, 15) is 19.4 Å². The number of hydrogen-bond donors (Lipinski definition) is 1. The van der Waals surface area contributed by atoms with Crippen molar-refractivity contribution in [3.63, 3.8) is 0 Å². The average Bonchev–Trinajstić information content (AvgIpc) is 1.99. The molecule has 2 nitrogen and oxygen atoms in total. The fraction of sp³-hybridized carbons (Fsp3) is 0. The monoisotopic (exact) mass is 244 g/mol. The van der Waals surface area contributed by atoms with Crippen LogP contribution in [0.3, 0.4) is 0 Å². The molecule has 0 aliphatic rings. The van der Waals surface area contributed by atoms with Crippen molar-refractivity contribution in [1.29, 1.82) is 5.26 Å². The first kappa shape index (κ1) is 11.6. The second kappa shape index (κ2) is 2.36. The maximum atomic E-state index is 12.3. The van der Waals surface area contributed by atoms with E-state index in [2.05, 4.69) is 0 Å². The highest BCUT2D eigenvalue weighted by Crippen LogP contribution is 3.02. The second-order valence-electron chi connectivity index (χ2n) is 2.87. The van der Waals surface area contributed by atoms with Gasteiger partial charge in [-0.2, -0.15) is 5.26 Å². The van der Waals surface area contributed by atoms with Gasteiger partial charge in [0.05, 0.1) is 11.6 Å². The van der Waals surface area contributed by atoms with E-state index in [1.165, 1.54) is 6.07 Å². The van der Waals surface area contributed by atoms with E-state index in [4.69, 9.17) is 11.0 Å². The van der Waals surface area contributed by atoms with E-state index in [-0.39, 0.29) is 12.1 Å². The summed E-state index contributed by atoms with van der Waals surface area (Å²) in [4.78, 5) is -2.15. The summed E-state index contributed by atoms with van der Waals surface area (Å²) >= 11 is 0. The van der Waals surface area contributed by atoms with Crippen molar-refractivity contribution in [2.24, 2.45) is 0 Å².